The van der Waals surface area contributed by atoms with Crippen LogP contribution in [0.4, 0.5) is 5.82 Å². The summed E-state index contributed by atoms with van der Waals surface area (Å²) >= 11 is 6.08. The number of halogens is 1. The summed E-state index contributed by atoms with van der Waals surface area (Å²) in [5, 5.41) is 4.68. The van der Waals surface area contributed by atoms with E-state index >= 15 is 0 Å². The topological polar surface area (TPSA) is 61.1 Å². The zero-order chi connectivity index (χ0) is 12.0. The van der Waals surface area contributed by atoms with Crippen LogP contribution < -0.4 is 5.73 Å². The summed E-state index contributed by atoms with van der Waals surface area (Å²) in [7, 11) is 1.85. The Hall–Kier alpha value is -2.01. The average molecular weight is 248 g/mol. The number of aromatic nitrogens is 4. The molecule has 0 spiro atoms. The number of hydrogen-bond donors (Lipinski definition) is 1. The minimum absolute atomic E-state index is 0.565. The lowest BCUT2D eigenvalue weighted by Gasteiger charge is -1.96. The van der Waals surface area contributed by atoms with E-state index in [1.165, 1.54) is 0 Å². The van der Waals surface area contributed by atoms with Crippen LogP contribution in [-0.2, 0) is 7.05 Å². The first-order chi connectivity index (χ1) is 8.16. The predicted octanol–water partition coefficient (Wildman–Crippen LogP) is 1.97. The fourth-order valence-electron chi connectivity index (χ4n) is 1.81. The number of pyridine rings is 1. The number of nitrogen functional groups attached to an aromatic ring is 1. The van der Waals surface area contributed by atoms with Crippen LogP contribution in [0, 0.1) is 0 Å². The second kappa shape index (κ2) is 3.49. The van der Waals surface area contributed by atoms with E-state index in [0.29, 0.717) is 22.2 Å². The van der Waals surface area contributed by atoms with Gasteiger partial charge in [0.2, 0.25) is 0 Å². The maximum atomic E-state index is 6.08. The summed E-state index contributed by atoms with van der Waals surface area (Å²) in [6, 6.07) is 3.62. The highest BCUT2D eigenvalue weighted by Crippen LogP contribution is 2.28. The lowest BCUT2D eigenvalue weighted by molar-refractivity contribution is 0.768. The molecule has 3 aromatic heterocycles. The van der Waals surface area contributed by atoms with Crippen molar-refractivity contribution in [3.05, 3.63) is 35.7 Å². The van der Waals surface area contributed by atoms with Gasteiger partial charge < -0.3 is 5.73 Å². The summed E-state index contributed by atoms with van der Waals surface area (Å²) in [4.78, 5) is 4.45. The van der Waals surface area contributed by atoms with Crippen LogP contribution in [0.1, 0.15) is 0 Å². The molecule has 0 radical (unpaired) electrons. The Kier molecular flexibility index (Phi) is 2.09. The third-order valence-electron chi connectivity index (χ3n) is 2.62. The molecule has 17 heavy (non-hydrogen) atoms. The number of fused-ring (bicyclic) bond motifs is 1. The maximum absolute atomic E-state index is 6.08. The smallest absolute Gasteiger partial charge is 0.157 e. The highest BCUT2D eigenvalue weighted by atomic mass is 35.5. The summed E-state index contributed by atoms with van der Waals surface area (Å²) in [5.41, 5.74) is 8.29. The Morgan fingerprint density at radius 1 is 1.41 bits per heavy atom. The van der Waals surface area contributed by atoms with Crippen LogP contribution >= 0.6 is 11.6 Å². The van der Waals surface area contributed by atoms with Crippen LogP contribution in [0.25, 0.3) is 16.9 Å². The van der Waals surface area contributed by atoms with Crippen molar-refractivity contribution in [1.82, 2.24) is 19.2 Å². The zero-order valence-corrected chi connectivity index (χ0v) is 9.89. The van der Waals surface area contributed by atoms with Crippen LogP contribution in [0.5, 0.6) is 0 Å². The van der Waals surface area contributed by atoms with Crippen molar-refractivity contribution >= 4 is 23.1 Å². The molecule has 5 nitrogen and oxygen atoms in total. The number of nitrogens with two attached hydrogens (primary N) is 1. The molecule has 0 amide bonds. The van der Waals surface area contributed by atoms with Gasteiger partial charge in [0.15, 0.2) is 5.65 Å². The molecule has 0 bridgehead atoms. The molecular formula is C11H10ClN5. The summed E-state index contributed by atoms with van der Waals surface area (Å²) in [6.07, 6.45) is 5.43. The molecule has 6 heteroatoms. The normalized spacial score (nSPS) is 11.2. The monoisotopic (exact) mass is 247 g/mol. The van der Waals surface area contributed by atoms with E-state index in [9.17, 15) is 0 Å². The predicted molar refractivity (Wildman–Crippen MR) is 66.8 cm³/mol. The fraction of sp³-hybridized carbons (Fsp3) is 0.0909. The maximum Gasteiger partial charge on any atom is 0.157 e. The molecule has 3 aromatic rings. The van der Waals surface area contributed by atoms with Gasteiger partial charge in [-0.2, -0.15) is 5.10 Å². The first kappa shape index (κ1) is 10.2. The van der Waals surface area contributed by atoms with Crippen molar-refractivity contribution in [2.24, 2.45) is 7.05 Å². The lowest BCUT2D eigenvalue weighted by atomic mass is 10.2. The Labute approximate surface area is 102 Å². The Morgan fingerprint density at radius 2 is 2.24 bits per heavy atom. The average Bonchev–Trinajstić information content (AvgIpc) is 2.85. The molecule has 86 valence electrons. The highest BCUT2D eigenvalue weighted by Gasteiger charge is 2.13. The molecule has 3 heterocycles. The molecular weight excluding hydrogens is 238 g/mol. The SMILES string of the molecule is Cn1cc(-c2nc3c(Cl)cccn3c2N)cn1. The number of imidazole rings is 1. The van der Waals surface area contributed by atoms with Crippen LogP contribution in [-0.4, -0.2) is 19.2 Å². The Morgan fingerprint density at radius 3 is 2.88 bits per heavy atom. The van der Waals surface area contributed by atoms with Gasteiger partial charge in [0.25, 0.3) is 0 Å². The first-order valence-corrected chi connectivity index (χ1v) is 5.45. The van der Waals surface area contributed by atoms with Crippen molar-refractivity contribution in [3.8, 4) is 11.3 Å². The number of rotatable bonds is 1. The zero-order valence-electron chi connectivity index (χ0n) is 9.13. The van der Waals surface area contributed by atoms with E-state index in [2.05, 4.69) is 10.1 Å². The van der Waals surface area contributed by atoms with E-state index in [-0.39, 0.29) is 0 Å². The number of nitrogens with zero attached hydrogens (tertiary/aromatic N) is 4. The van der Waals surface area contributed by atoms with Gasteiger partial charge in [-0.15, -0.1) is 0 Å². The van der Waals surface area contributed by atoms with Gasteiger partial charge in [-0.1, -0.05) is 11.6 Å². The molecule has 0 saturated heterocycles. The second-order valence-electron chi connectivity index (χ2n) is 3.80. The minimum Gasteiger partial charge on any atom is -0.383 e. The number of hydrogen-bond acceptors (Lipinski definition) is 3. The van der Waals surface area contributed by atoms with Crippen molar-refractivity contribution in [1.29, 1.82) is 0 Å². The van der Waals surface area contributed by atoms with Crippen molar-refractivity contribution in [2.45, 2.75) is 0 Å². The van der Waals surface area contributed by atoms with E-state index < -0.39 is 0 Å². The fourth-order valence-corrected chi connectivity index (χ4v) is 2.01. The first-order valence-electron chi connectivity index (χ1n) is 5.08. The van der Waals surface area contributed by atoms with E-state index in [1.54, 1.807) is 21.3 Å². The van der Waals surface area contributed by atoms with E-state index in [4.69, 9.17) is 17.3 Å². The van der Waals surface area contributed by atoms with Gasteiger partial charge in [0.1, 0.15) is 11.5 Å². The van der Waals surface area contributed by atoms with Gasteiger partial charge >= 0.3 is 0 Å². The van der Waals surface area contributed by atoms with Crippen molar-refractivity contribution < 1.29 is 0 Å². The summed E-state index contributed by atoms with van der Waals surface area (Å²) in [6.45, 7) is 0. The van der Waals surface area contributed by atoms with Crippen molar-refractivity contribution in [3.63, 3.8) is 0 Å². The quantitative estimate of drug-likeness (QED) is 0.715. The van der Waals surface area contributed by atoms with Gasteiger partial charge in [-0.25, -0.2) is 4.98 Å². The van der Waals surface area contributed by atoms with Crippen LogP contribution in [0.3, 0.4) is 0 Å². The Bertz CT molecular complexity index is 697. The van der Waals surface area contributed by atoms with Gasteiger partial charge in [0, 0.05) is 25.0 Å². The highest BCUT2D eigenvalue weighted by molar-refractivity contribution is 6.33. The third-order valence-corrected chi connectivity index (χ3v) is 2.91. The molecule has 0 atom stereocenters. The lowest BCUT2D eigenvalue weighted by Crippen LogP contribution is -1.93. The molecule has 3 rings (SSSR count). The molecule has 0 aromatic carbocycles. The molecule has 0 aliphatic carbocycles. The van der Waals surface area contributed by atoms with Crippen molar-refractivity contribution in [2.75, 3.05) is 5.73 Å². The molecule has 0 unspecified atom stereocenters. The molecule has 0 aliphatic heterocycles. The number of anilines is 1. The standard InChI is InChI=1S/C11H10ClN5/c1-16-6-7(5-14-16)9-10(13)17-4-2-3-8(12)11(17)15-9/h2-6H,13H2,1H3. The Balaban J connectivity index is 2.31. The molecule has 2 N–H and O–H groups in total. The van der Waals surface area contributed by atoms with Gasteiger partial charge in [-0.3, -0.25) is 9.08 Å². The van der Waals surface area contributed by atoms with Crippen LogP contribution in [0.15, 0.2) is 30.7 Å². The number of aryl methyl sites for hydroxylation is 1. The third kappa shape index (κ3) is 1.47. The molecule has 0 fully saturated rings. The van der Waals surface area contributed by atoms with Crippen LogP contribution in [0.2, 0.25) is 5.02 Å². The minimum atomic E-state index is 0.565. The molecule has 0 saturated carbocycles. The van der Waals surface area contributed by atoms with E-state index in [0.717, 1.165) is 5.56 Å². The second-order valence-corrected chi connectivity index (χ2v) is 4.21. The summed E-state index contributed by atoms with van der Waals surface area (Å²) < 4.78 is 3.48. The molecule has 0 aliphatic rings. The van der Waals surface area contributed by atoms with Gasteiger partial charge in [0.05, 0.1) is 11.2 Å². The van der Waals surface area contributed by atoms with Gasteiger partial charge in [-0.05, 0) is 12.1 Å². The largest absolute Gasteiger partial charge is 0.383 e. The van der Waals surface area contributed by atoms with E-state index in [1.807, 2.05) is 25.5 Å². The summed E-state index contributed by atoms with van der Waals surface area (Å²) in [5.74, 6) is 0.565.